The van der Waals surface area contributed by atoms with Crippen molar-refractivity contribution in [1.82, 2.24) is 5.32 Å². The number of nitrogens with zero attached hydrogens (tertiary/aromatic N) is 1. The lowest BCUT2D eigenvalue weighted by atomic mass is 10.0. The maximum absolute atomic E-state index is 13.6. The van der Waals surface area contributed by atoms with Gasteiger partial charge in [-0.2, -0.15) is 5.26 Å². The summed E-state index contributed by atoms with van der Waals surface area (Å²) in [4.78, 5) is 23.3. The number of nitrogens with one attached hydrogen (secondary N) is 1. The number of halogens is 2. The van der Waals surface area contributed by atoms with E-state index in [1.54, 1.807) is 18.2 Å². The fourth-order valence-electron chi connectivity index (χ4n) is 2.12. The zero-order chi connectivity index (χ0) is 17.7. The van der Waals surface area contributed by atoms with Crippen LogP contribution in [0.2, 0.25) is 0 Å². The first-order valence-electron chi connectivity index (χ1n) is 6.89. The molecule has 7 heteroatoms. The molecule has 1 atom stereocenters. The van der Waals surface area contributed by atoms with E-state index in [-0.39, 0.29) is 6.42 Å². The van der Waals surface area contributed by atoms with Crippen molar-refractivity contribution >= 4 is 11.9 Å². The van der Waals surface area contributed by atoms with E-state index in [0.717, 1.165) is 18.2 Å². The summed E-state index contributed by atoms with van der Waals surface area (Å²) in [6.07, 6.45) is -0.104. The number of nitriles is 1. The number of benzene rings is 2. The Labute approximate surface area is 136 Å². The number of carboxylic acids is 1. The second-order valence-corrected chi connectivity index (χ2v) is 4.98. The van der Waals surface area contributed by atoms with E-state index in [0.29, 0.717) is 11.1 Å². The zero-order valence-corrected chi connectivity index (χ0v) is 12.3. The highest BCUT2D eigenvalue weighted by Crippen LogP contribution is 2.12. The van der Waals surface area contributed by atoms with Crippen LogP contribution in [0.5, 0.6) is 0 Å². The number of carbonyl (C=O) groups excluding carboxylic acids is 1. The molecule has 2 rings (SSSR count). The Balaban J connectivity index is 2.19. The highest BCUT2D eigenvalue weighted by Gasteiger charge is 2.23. The third-order valence-electron chi connectivity index (χ3n) is 3.30. The van der Waals surface area contributed by atoms with E-state index in [4.69, 9.17) is 5.26 Å². The third kappa shape index (κ3) is 3.93. The van der Waals surface area contributed by atoms with Crippen molar-refractivity contribution in [1.29, 1.82) is 5.26 Å². The number of hydrogen-bond donors (Lipinski definition) is 2. The summed E-state index contributed by atoms with van der Waals surface area (Å²) < 4.78 is 26.8. The molecule has 0 bridgehead atoms. The van der Waals surface area contributed by atoms with Gasteiger partial charge in [-0.3, -0.25) is 4.79 Å². The first kappa shape index (κ1) is 17.1. The fourth-order valence-corrected chi connectivity index (χ4v) is 2.12. The summed E-state index contributed by atoms with van der Waals surface area (Å²) in [5.74, 6) is -4.90. The SMILES string of the molecule is N#Cc1cccc(C[C@@H](NC(=O)c2cccc(F)c2F)C(=O)O)c1. The van der Waals surface area contributed by atoms with Gasteiger partial charge in [0, 0.05) is 6.42 Å². The quantitative estimate of drug-likeness (QED) is 0.880. The minimum Gasteiger partial charge on any atom is -0.480 e. The fraction of sp³-hybridized carbons (Fsp3) is 0.118. The van der Waals surface area contributed by atoms with E-state index in [1.165, 1.54) is 6.07 Å². The average Bonchev–Trinajstić information content (AvgIpc) is 2.56. The van der Waals surface area contributed by atoms with Crippen LogP contribution in [0.4, 0.5) is 8.78 Å². The molecule has 0 fully saturated rings. The molecule has 0 aliphatic carbocycles. The van der Waals surface area contributed by atoms with Crippen LogP contribution < -0.4 is 5.32 Å². The molecule has 5 nitrogen and oxygen atoms in total. The molecule has 122 valence electrons. The Bertz CT molecular complexity index is 831. The molecule has 2 N–H and O–H groups in total. The molecule has 2 aromatic rings. The Morgan fingerprint density at radius 3 is 2.58 bits per heavy atom. The van der Waals surface area contributed by atoms with E-state index in [9.17, 15) is 23.5 Å². The van der Waals surface area contributed by atoms with Crippen LogP contribution in [0.3, 0.4) is 0 Å². The van der Waals surface area contributed by atoms with Crippen LogP contribution in [-0.4, -0.2) is 23.0 Å². The highest BCUT2D eigenvalue weighted by molar-refractivity contribution is 5.96. The topological polar surface area (TPSA) is 90.2 Å². The molecule has 0 saturated carbocycles. The van der Waals surface area contributed by atoms with Crippen LogP contribution in [0.15, 0.2) is 42.5 Å². The molecule has 0 spiro atoms. The molecular weight excluding hydrogens is 318 g/mol. The van der Waals surface area contributed by atoms with Crippen molar-refractivity contribution in [3.8, 4) is 6.07 Å². The maximum atomic E-state index is 13.6. The minimum atomic E-state index is -1.35. The lowest BCUT2D eigenvalue weighted by molar-refractivity contribution is -0.139. The zero-order valence-electron chi connectivity index (χ0n) is 12.3. The van der Waals surface area contributed by atoms with E-state index < -0.39 is 35.1 Å². The van der Waals surface area contributed by atoms with Gasteiger partial charge in [0.2, 0.25) is 0 Å². The predicted octanol–water partition coefficient (Wildman–Crippen LogP) is 2.26. The number of hydrogen-bond acceptors (Lipinski definition) is 3. The average molecular weight is 330 g/mol. The van der Waals surface area contributed by atoms with Crippen molar-refractivity contribution in [2.75, 3.05) is 0 Å². The highest BCUT2D eigenvalue weighted by atomic mass is 19.2. The van der Waals surface area contributed by atoms with Crippen LogP contribution in [0.25, 0.3) is 0 Å². The van der Waals surface area contributed by atoms with Crippen LogP contribution >= 0.6 is 0 Å². The molecule has 1 amide bonds. The first-order valence-corrected chi connectivity index (χ1v) is 6.89. The largest absolute Gasteiger partial charge is 0.480 e. The molecule has 24 heavy (non-hydrogen) atoms. The van der Waals surface area contributed by atoms with Crippen molar-refractivity contribution in [3.63, 3.8) is 0 Å². The van der Waals surface area contributed by atoms with Crippen molar-refractivity contribution in [3.05, 3.63) is 70.8 Å². The Morgan fingerprint density at radius 2 is 1.92 bits per heavy atom. The number of carbonyl (C=O) groups is 2. The van der Waals surface area contributed by atoms with Gasteiger partial charge in [0.05, 0.1) is 17.2 Å². The lowest BCUT2D eigenvalue weighted by Crippen LogP contribution is -2.42. The van der Waals surface area contributed by atoms with E-state index >= 15 is 0 Å². The summed E-state index contributed by atoms with van der Waals surface area (Å²) in [5.41, 5.74) is 0.285. The van der Waals surface area contributed by atoms with Gasteiger partial charge in [0.15, 0.2) is 11.6 Å². The van der Waals surface area contributed by atoms with Crippen LogP contribution in [0.1, 0.15) is 21.5 Å². The Kier molecular flexibility index (Phi) is 5.22. The molecular formula is C17H12F2N2O3. The first-order chi connectivity index (χ1) is 11.4. The molecule has 0 unspecified atom stereocenters. The molecule has 0 aliphatic heterocycles. The van der Waals surface area contributed by atoms with Gasteiger partial charge in [-0.1, -0.05) is 18.2 Å². The molecule has 0 aliphatic rings. The van der Waals surface area contributed by atoms with Crippen molar-refractivity contribution < 1.29 is 23.5 Å². The maximum Gasteiger partial charge on any atom is 0.326 e. The summed E-state index contributed by atoms with van der Waals surface area (Å²) in [6, 6.07) is 9.87. The molecule has 2 aromatic carbocycles. The standard InChI is InChI=1S/C17H12F2N2O3/c18-13-6-2-5-12(15(13)19)16(22)21-14(17(23)24)8-10-3-1-4-11(7-10)9-20/h1-7,14H,8H2,(H,21,22)(H,23,24)/t14-/m1/s1. The minimum absolute atomic E-state index is 0.104. The lowest BCUT2D eigenvalue weighted by Gasteiger charge is -2.15. The normalized spacial score (nSPS) is 11.4. The third-order valence-corrected chi connectivity index (χ3v) is 3.30. The summed E-state index contributed by atoms with van der Waals surface area (Å²) in [5, 5.41) is 20.2. The van der Waals surface area contributed by atoms with Gasteiger partial charge >= 0.3 is 5.97 Å². The van der Waals surface area contributed by atoms with E-state index in [1.807, 2.05) is 6.07 Å². The number of aliphatic carboxylic acids is 1. The van der Waals surface area contributed by atoms with Gasteiger partial charge in [-0.25, -0.2) is 13.6 Å². The summed E-state index contributed by atoms with van der Waals surface area (Å²) >= 11 is 0. The second kappa shape index (κ2) is 7.33. The van der Waals surface area contributed by atoms with Gasteiger partial charge in [-0.15, -0.1) is 0 Å². The predicted molar refractivity (Wildman–Crippen MR) is 80.1 cm³/mol. The van der Waals surface area contributed by atoms with Gasteiger partial charge in [0.1, 0.15) is 6.04 Å². The van der Waals surface area contributed by atoms with Crippen molar-refractivity contribution in [2.45, 2.75) is 12.5 Å². The van der Waals surface area contributed by atoms with Crippen molar-refractivity contribution in [2.24, 2.45) is 0 Å². The van der Waals surface area contributed by atoms with Crippen LogP contribution in [-0.2, 0) is 11.2 Å². The summed E-state index contributed by atoms with van der Waals surface area (Å²) in [7, 11) is 0. The molecule has 0 radical (unpaired) electrons. The smallest absolute Gasteiger partial charge is 0.326 e. The molecule has 0 heterocycles. The Hall–Kier alpha value is -3.27. The summed E-state index contributed by atoms with van der Waals surface area (Å²) in [6.45, 7) is 0. The van der Waals surface area contributed by atoms with E-state index in [2.05, 4.69) is 5.32 Å². The molecule has 0 aromatic heterocycles. The molecule has 0 saturated heterocycles. The number of amides is 1. The van der Waals surface area contributed by atoms with Gasteiger partial charge in [-0.05, 0) is 29.8 Å². The monoisotopic (exact) mass is 330 g/mol. The van der Waals surface area contributed by atoms with Crippen LogP contribution in [0, 0.1) is 23.0 Å². The second-order valence-electron chi connectivity index (χ2n) is 4.98. The van der Waals surface area contributed by atoms with Gasteiger partial charge < -0.3 is 10.4 Å². The Morgan fingerprint density at radius 1 is 1.21 bits per heavy atom. The van der Waals surface area contributed by atoms with Gasteiger partial charge in [0.25, 0.3) is 5.91 Å². The number of rotatable bonds is 5. The number of carboxylic acid groups (broad SMARTS) is 1.